The third-order valence-electron chi connectivity index (χ3n) is 5.76. The van der Waals surface area contributed by atoms with Gasteiger partial charge in [0.2, 0.25) is 12.7 Å². The van der Waals surface area contributed by atoms with Gasteiger partial charge in [0.05, 0.1) is 24.6 Å². The molecule has 1 spiro atoms. The summed E-state index contributed by atoms with van der Waals surface area (Å²) in [7, 11) is 0. The zero-order valence-corrected chi connectivity index (χ0v) is 13.5. The maximum atomic E-state index is 13.0. The number of benzene rings is 1. The van der Waals surface area contributed by atoms with Crippen molar-refractivity contribution in [1.82, 2.24) is 4.90 Å². The summed E-state index contributed by atoms with van der Waals surface area (Å²) in [5, 5.41) is 9.53. The Morgan fingerprint density at radius 1 is 1.36 bits per heavy atom. The first-order valence-corrected chi connectivity index (χ1v) is 8.30. The summed E-state index contributed by atoms with van der Waals surface area (Å²) in [5.41, 5.74) is 0.106. The second kappa shape index (κ2) is 4.76. The van der Waals surface area contributed by atoms with Crippen LogP contribution in [0, 0.1) is 11.8 Å². The molecule has 7 nitrogen and oxygen atoms in total. The lowest BCUT2D eigenvalue weighted by Gasteiger charge is -2.27. The van der Waals surface area contributed by atoms with Crippen molar-refractivity contribution in [3.05, 3.63) is 35.9 Å². The Balaban J connectivity index is 1.47. The summed E-state index contributed by atoms with van der Waals surface area (Å²) in [6.07, 6.45) is 3.14. The van der Waals surface area contributed by atoms with Gasteiger partial charge in [-0.15, -0.1) is 0 Å². The normalized spacial score (nSPS) is 35.3. The highest BCUT2D eigenvalue weighted by Crippen LogP contribution is 2.53. The summed E-state index contributed by atoms with van der Waals surface area (Å²) < 4.78 is 16.7. The Morgan fingerprint density at radius 3 is 2.96 bits per heavy atom. The molecule has 0 radical (unpaired) electrons. The third-order valence-corrected chi connectivity index (χ3v) is 5.76. The first-order valence-electron chi connectivity index (χ1n) is 8.30. The summed E-state index contributed by atoms with van der Waals surface area (Å²) in [6.45, 7) is 2.49. The molecule has 130 valence electrons. The lowest BCUT2D eigenvalue weighted by atomic mass is 9.77. The molecule has 0 unspecified atom stereocenters. The van der Waals surface area contributed by atoms with Crippen LogP contribution in [0.15, 0.2) is 30.4 Å². The molecule has 4 aliphatic heterocycles. The van der Waals surface area contributed by atoms with Crippen LogP contribution in [0.1, 0.15) is 18.5 Å². The van der Waals surface area contributed by atoms with Gasteiger partial charge in [-0.25, -0.2) is 0 Å². The van der Waals surface area contributed by atoms with Gasteiger partial charge < -0.3 is 24.2 Å². The molecule has 7 heteroatoms. The van der Waals surface area contributed by atoms with Crippen LogP contribution in [0.25, 0.3) is 0 Å². The summed E-state index contributed by atoms with van der Waals surface area (Å²) in [5.74, 6) is -1.26. The summed E-state index contributed by atoms with van der Waals surface area (Å²) in [6, 6.07) is 5.39. The number of carboxylic acids is 1. The Bertz CT molecular complexity index is 820. The van der Waals surface area contributed by atoms with Crippen molar-refractivity contribution < 1.29 is 28.9 Å². The molecule has 25 heavy (non-hydrogen) atoms. The maximum Gasteiger partial charge on any atom is 0.310 e. The first kappa shape index (κ1) is 14.8. The zero-order valence-electron chi connectivity index (χ0n) is 13.5. The Kier molecular flexibility index (Phi) is 2.81. The molecule has 2 fully saturated rings. The van der Waals surface area contributed by atoms with E-state index in [9.17, 15) is 14.7 Å². The third kappa shape index (κ3) is 1.84. The molecule has 0 aliphatic carbocycles. The summed E-state index contributed by atoms with van der Waals surface area (Å²) >= 11 is 0. The Labute approximate surface area is 143 Å². The van der Waals surface area contributed by atoms with Crippen molar-refractivity contribution in [2.45, 2.75) is 24.7 Å². The van der Waals surface area contributed by atoms with Gasteiger partial charge in [0.15, 0.2) is 11.5 Å². The van der Waals surface area contributed by atoms with Crippen molar-refractivity contribution in [2.24, 2.45) is 11.8 Å². The fourth-order valence-electron chi connectivity index (χ4n) is 4.49. The van der Waals surface area contributed by atoms with Gasteiger partial charge in [-0.3, -0.25) is 9.59 Å². The number of hydrogen-bond donors (Lipinski definition) is 1. The molecule has 0 aromatic heterocycles. The molecule has 0 saturated carbocycles. The van der Waals surface area contributed by atoms with E-state index in [1.807, 2.05) is 31.2 Å². The van der Waals surface area contributed by atoms with Gasteiger partial charge in [-0.2, -0.15) is 0 Å². The van der Waals surface area contributed by atoms with Gasteiger partial charge in [-0.1, -0.05) is 18.2 Å². The standard InChI is InChI=1S/C18H17NO6/c1-9(10-2-3-11-13(6-10)24-8-23-11)19-7-18-5-4-12(25-18)14(17(21)22)15(18)16(19)20/h2-6,9,12,14-15H,7-8H2,1H3,(H,21,22)/t9-,12+,14+,15+,18-/m1/s1. The van der Waals surface area contributed by atoms with Crippen LogP contribution in [-0.2, 0) is 14.3 Å². The second-order valence-electron chi connectivity index (χ2n) is 6.99. The molecule has 1 amide bonds. The van der Waals surface area contributed by atoms with Gasteiger partial charge in [0.25, 0.3) is 0 Å². The summed E-state index contributed by atoms with van der Waals surface area (Å²) in [4.78, 5) is 26.4. The highest BCUT2D eigenvalue weighted by Gasteiger charge is 2.67. The Morgan fingerprint density at radius 2 is 2.16 bits per heavy atom. The monoisotopic (exact) mass is 343 g/mol. The highest BCUT2D eigenvalue weighted by molar-refractivity contribution is 5.91. The predicted molar refractivity (Wildman–Crippen MR) is 84.1 cm³/mol. The lowest BCUT2D eigenvalue weighted by Crippen LogP contribution is -2.39. The van der Waals surface area contributed by atoms with Crippen molar-refractivity contribution in [1.29, 1.82) is 0 Å². The van der Waals surface area contributed by atoms with E-state index in [1.54, 1.807) is 11.0 Å². The average molecular weight is 343 g/mol. The van der Waals surface area contributed by atoms with Gasteiger partial charge >= 0.3 is 5.97 Å². The van der Waals surface area contributed by atoms with E-state index < -0.39 is 29.5 Å². The molecule has 1 aromatic carbocycles. The van der Waals surface area contributed by atoms with E-state index in [4.69, 9.17) is 14.2 Å². The van der Waals surface area contributed by atoms with Crippen LogP contribution >= 0.6 is 0 Å². The van der Waals surface area contributed by atoms with Crippen molar-refractivity contribution in [3.63, 3.8) is 0 Å². The second-order valence-corrected chi connectivity index (χ2v) is 6.99. The number of carbonyl (C=O) groups excluding carboxylic acids is 1. The van der Waals surface area contributed by atoms with Crippen LogP contribution in [-0.4, -0.2) is 46.9 Å². The molecular weight excluding hydrogens is 326 g/mol. The molecular formula is C18H17NO6. The van der Waals surface area contributed by atoms with Crippen LogP contribution in [0.3, 0.4) is 0 Å². The van der Waals surface area contributed by atoms with Gasteiger partial charge in [0.1, 0.15) is 11.5 Å². The van der Waals surface area contributed by atoms with Crippen LogP contribution in [0.4, 0.5) is 0 Å². The highest BCUT2D eigenvalue weighted by atomic mass is 16.7. The molecule has 5 atom stereocenters. The molecule has 4 aliphatic rings. The molecule has 2 bridgehead atoms. The predicted octanol–water partition coefficient (Wildman–Crippen LogP) is 1.34. The number of carboxylic acid groups (broad SMARTS) is 1. The van der Waals surface area contributed by atoms with Crippen LogP contribution in [0.2, 0.25) is 0 Å². The van der Waals surface area contributed by atoms with Gasteiger partial charge in [0, 0.05) is 0 Å². The van der Waals surface area contributed by atoms with Gasteiger partial charge in [-0.05, 0) is 24.6 Å². The smallest absolute Gasteiger partial charge is 0.310 e. The fourth-order valence-corrected chi connectivity index (χ4v) is 4.49. The first-order chi connectivity index (χ1) is 12.0. The number of aliphatic carboxylic acids is 1. The number of hydrogen-bond acceptors (Lipinski definition) is 5. The minimum absolute atomic E-state index is 0.163. The quantitative estimate of drug-likeness (QED) is 0.834. The number of carbonyl (C=O) groups is 2. The number of likely N-dealkylation sites (tertiary alicyclic amines) is 1. The minimum Gasteiger partial charge on any atom is -0.481 e. The van der Waals surface area contributed by atoms with E-state index in [1.165, 1.54) is 0 Å². The SMILES string of the molecule is C[C@H](c1ccc2c(c1)OCO2)N1C[C@@]23C=C[C@H](O2)[C@H](C(=O)O)[C@H]3C1=O. The van der Waals surface area contributed by atoms with Crippen molar-refractivity contribution >= 4 is 11.9 Å². The van der Waals surface area contributed by atoms with Crippen molar-refractivity contribution in [2.75, 3.05) is 13.3 Å². The molecule has 1 N–H and O–H groups in total. The number of nitrogens with zero attached hydrogens (tertiary/aromatic N) is 1. The molecule has 1 aromatic rings. The van der Waals surface area contributed by atoms with Crippen LogP contribution in [0.5, 0.6) is 11.5 Å². The van der Waals surface area contributed by atoms with E-state index in [2.05, 4.69) is 0 Å². The van der Waals surface area contributed by atoms with E-state index in [-0.39, 0.29) is 18.7 Å². The van der Waals surface area contributed by atoms with E-state index in [0.29, 0.717) is 18.0 Å². The minimum atomic E-state index is -0.979. The zero-order chi connectivity index (χ0) is 17.3. The maximum absolute atomic E-state index is 13.0. The fraction of sp³-hybridized carbons (Fsp3) is 0.444. The topological polar surface area (TPSA) is 85.3 Å². The lowest BCUT2D eigenvalue weighted by molar-refractivity contribution is -0.148. The number of rotatable bonds is 3. The average Bonchev–Trinajstić information content (AvgIpc) is 3.33. The number of ether oxygens (including phenoxy) is 3. The molecule has 2 saturated heterocycles. The number of amides is 1. The van der Waals surface area contributed by atoms with Crippen molar-refractivity contribution in [3.8, 4) is 11.5 Å². The number of fused-ring (bicyclic) bond motifs is 2. The van der Waals surface area contributed by atoms with Crippen LogP contribution < -0.4 is 9.47 Å². The van der Waals surface area contributed by atoms with E-state index >= 15 is 0 Å². The molecule has 5 rings (SSSR count). The molecule has 4 heterocycles. The Hall–Kier alpha value is -2.54. The largest absolute Gasteiger partial charge is 0.481 e. The van der Waals surface area contributed by atoms with E-state index in [0.717, 1.165) is 5.56 Å².